The number of carbonyl (C=O) groups is 1. The summed E-state index contributed by atoms with van der Waals surface area (Å²) in [5.41, 5.74) is 7.64. The van der Waals surface area contributed by atoms with Gasteiger partial charge >= 0.3 is 0 Å². The molecule has 3 nitrogen and oxygen atoms in total. The van der Waals surface area contributed by atoms with Crippen molar-refractivity contribution in [3.8, 4) is 0 Å². The molecule has 20 heavy (non-hydrogen) atoms. The lowest BCUT2D eigenvalue weighted by atomic mass is 9.73. The van der Waals surface area contributed by atoms with Crippen molar-refractivity contribution in [1.29, 1.82) is 0 Å². The van der Waals surface area contributed by atoms with Gasteiger partial charge in [0, 0.05) is 11.6 Å². The van der Waals surface area contributed by atoms with E-state index in [-0.39, 0.29) is 17.4 Å². The smallest absolute Gasteiger partial charge is 0.251 e. The molecule has 2 rings (SSSR count). The van der Waals surface area contributed by atoms with E-state index in [0.717, 1.165) is 24.0 Å². The third-order valence-electron chi connectivity index (χ3n) is 4.49. The maximum absolute atomic E-state index is 12.5. The maximum Gasteiger partial charge on any atom is 0.251 e. The van der Waals surface area contributed by atoms with E-state index in [9.17, 15) is 4.79 Å². The van der Waals surface area contributed by atoms with Gasteiger partial charge in [0.15, 0.2) is 0 Å². The Morgan fingerprint density at radius 1 is 1.35 bits per heavy atom. The number of nitrogens with two attached hydrogens (primary N) is 1. The molecule has 1 saturated carbocycles. The fourth-order valence-electron chi connectivity index (χ4n) is 3.11. The van der Waals surface area contributed by atoms with E-state index >= 15 is 0 Å². The topological polar surface area (TPSA) is 55.1 Å². The van der Waals surface area contributed by atoms with Gasteiger partial charge in [-0.15, -0.1) is 0 Å². The third-order valence-corrected chi connectivity index (χ3v) is 4.49. The molecular weight excluding hydrogens is 248 g/mol. The van der Waals surface area contributed by atoms with E-state index in [2.05, 4.69) is 19.2 Å². The molecule has 0 heterocycles. The summed E-state index contributed by atoms with van der Waals surface area (Å²) >= 11 is 0. The van der Waals surface area contributed by atoms with Crippen LogP contribution in [0.4, 0.5) is 0 Å². The average Bonchev–Trinajstić information content (AvgIpc) is 2.42. The third kappa shape index (κ3) is 3.40. The van der Waals surface area contributed by atoms with E-state index in [1.807, 2.05) is 24.3 Å². The lowest BCUT2D eigenvalue weighted by Gasteiger charge is -2.39. The molecule has 1 unspecified atom stereocenters. The van der Waals surface area contributed by atoms with Gasteiger partial charge in [-0.25, -0.2) is 0 Å². The molecule has 1 atom stereocenters. The lowest BCUT2D eigenvalue weighted by Crippen LogP contribution is -2.47. The Morgan fingerprint density at radius 2 is 2.10 bits per heavy atom. The Hall–Kier alpha value is -1.35. The summed E-state index contributed by atoms with van der Waals surface area (Å²) in [6.45, 7) is 5.07. The number of amides is 1. The lowest BCUT2D eigenvalue weighted by molar-refractivity contribution is 0.0852. The van der Waals surface area contributed by atoms with Crippen molar-refractivity contribution in [3.05, 3.63) is 35.4 Å². The number of carbonyl (C=O) groups excluding carboxylic acids is 1. The van der Waals surface area contributed by atoms with Crippen LogP contribution in [0.15, 0.2) is 24.3 Å². The molecule has 1 aliphatic rings. The van der Waals surface area contributed by atoms with Crippen LogP contribution in [0, 0.1) is 5.41 Å². The van der Waals surface area contributed by atoms with Crippen LogP contribution in [0.1, 0.15) is 55.5 Å². The van der Waals surface area contributed by atoms with Crippen molar-refractivity contribution in [2.45, 2.75) is 52.0 Å². The van der Waals surface area contributed by atoms with Crippen molar-refractivity contribution in [2.75, 3.05) is 6.54 Å². The Labute approximate surface area is 121 Å². The largest absolute Gasteiger partial charge is 0.349 e. The maximum atomic E-state index is 12.5. The minimum atomic E-state index is 0.0500. The van der Waals surface area contributed by atoms with E-state index in [1.165, 1.54) is 19.3 Å². The highest BCUT2D eigenvalue weighted by molar-refractivity contribution is 5.95. The number of hydrogen-bond donors (Lipinski definition) is 2. The first kappa shape index (κ1) is 15.0. The average molecular weight is 274 g/mol. The van der Waals surface area contributed by atoms with Gasteiger partial charge in [-0.2, -0.15) is 0 Å². The fraction of sp³-hybridized carbons (Fsp3) is 0.588. The molecule has 1 aromatic carbocycles. The van der Waals surface area contributed by atoms with Crippen LogP contribution < -0.4 is 11.1 Å². The van der Waals surface area contributed by atoms with Crippen LogP contribution >= 0.6 is 0 Å². The normalized spacial score (nSPS) is 21.4. The van der Waals surface area contributed by atoms with Gasteiger partial charge in [0.1, 0.15) is 0 Å². The highest BCUT2D eigenvalue weighted by atomic mass is 16.1. The molecule has 1 amide bonds. The minimum absolute atomic E-state index is 0.0500. The second-order valence-electron chi connectivity index (χ2n) is 6.46. The van der Waals surface area contributed by atoms with Crippen molar-refractivity contribution in [3.63, 3.8) is 0 Å². The Kier molecular flexibility index (Phi) is 4.81. The first-order valence-corrected chi connectivity index (χ1v) is 7.63. The molecular formula is C17H26N2O. The molecule has 1 aromatic rings. The number of benzene rings is 1. The van der Waals surface area contributed by atoms with Crippen LogP contribution in [0.2, 0.25) is 0 Å². The highest BCUT2D eigenvalue weighted by Crippen LogP contribution is 2.35. The predicted octanol–water partition coefficient (Wildman–Crippen LogP) is 2.89. The van der Waals surface area contributed by atoms with Gasteiger partial charge in [-0.3, -0.25) is 4.79 Å². The molecule has 0 radical (unpaired) electrons. The van der Waals surface area contributed by atoms with Crippen molar-refractivity contribution < 1.29 is 4.79 Å². The van der Waals surface area contributed by atoms with Gasteiger partial charge in [0.25, 0.3) is 5.91 Å². The van der Waals surface area contributed by atoms with E-state index in [4.69, 9.17) is 5.73 Å². The van der Waals surface area contributed by atoms with Crippen LogP contribution in [-0.2, 0) is 6.42 Å². The molecule has 3 heteroatoms. The number of nitrogens with one attached hydrogen (secondary N) is 1. The summed E-state index contributed by atoms with van der Waals surface area (Å²) in [4.78, 5) is 12.5. The Bertz CT molecular complexity index is 468. The molecule has 0 spiro atoms. The van der Waals surface area contributed by atoms with Crippen LogP contribution in [0.25, 0.3) is 0 Å². The first-order chi connectivity index (χ1) is 9.54. The first-order valence-electron chi connectivity index (χ1n) is 7.63. The standard InChI is InChI=1S/C17H26N2O/c1-17(2)11-6-5-9-15(17)19-16(20)14-8-4-3-7-13(14)10-12-18/h3-4,7-8,15H,5-6,9-12,18H2,1-2H3,(H,19,20). The second-order valence-corrected chi connectivity index (χ2v) is 6.46. The molecule has 0 aliphatic heterocycles. The van der Waals surface area contributed by atoms with Crippen molar-refractivity contribution in [1.82, 2.24) is 5.32 Å². The highest BCUT2D eigenvalue weighted by Gasteiger charge is 2.33. The molecule has 110 valence electrons. The van der Waals surface area contributed by atoms with Crippen LogP contribution in [-0.4, -0.2) is 18.5 Å². The van der Waals surface area contributed by atoms with Gasteiger partial charge in [-0.1, -0.05) is 44.9 Å². The summed E-state index contributed by atoms with van der Waals surface area (Å²) in [7, 11) is 0. The van der Waals surface area contributed by atoms with Gasteiger partial charge in [0.05, 0.1) is 0 Å². The SMILES string of the molecule is CC1(C)CCCCC1NC(=O)c1ccccc1CCN. The van der Waals surface area contributed by atoms with Gasteiger partial charge in [0.2, 0.25) is 0 Å². The fourth-order valence-corrected chi connectivity index (χ4v) is 3.11. The molecule has 1 aliphatic carbocycles. The zero-order chi connectivity index (χ0) is 14.6. The predicted molar refractivity (Wildman–Crippen MR) is 82.7 cm³/mol. The summed E-state index contributed by atoms with van der Waals surface area (Å²) in [6.07, 6.45) is 5.49. The summed E-state index contributed by atoms with van der Waals surface area (Å²) in [6, 6.07) is 8.05. The molecule has 1 fully saturated rings. The quantitative estimate of drug-likeness (QED) is 0.887. The Balaban J connectivity index is 2.12. The minimum Gasteiger partial charge on any atom is -0.349 e. The molecule has 0 aromatic heterocycles. The number of rotatable bonds is 4. The van der Waals surface area contributed by atoms with E-state index in [0.29, 0.717) is 6.54 Å². The summed E-state index contributed by atoms with van der Waals surface area (Å²) in [5.74, 6) is 0.0500. The monoisotopic (exact) mass is 274 g/mol. The van der Waals surface area contributed by atoms with E-state index < -0.39 is 0 Å². The summed E-state index contributed by atoms with van der Waals surface area (Å²) < 4.78 is 0. The van der Waals surface area contributed by atoms with Gasteiger partial charge < -0.3 is 11.1 Å². The van der Waals surface area contributed by atoms with Crippen molar-refractivity contribution in [2.24, 2.45) is 11.1 Å². The number of hydrogen-bond acceptors (Lipinski definition) is 2. The molecule has 0 saturated heterocycles. The second kappa shape index (κ2) is 6.40. The zero-order valence-electron chi connectivity index (χ0n) is 12.6. The van der Waals surface area contributed by atoms with Crippen molar-refractivity contribution >= 4 is 5.91 Å². The molecule has 0 bridgehead atoms. The Morgan fingerprint density at radius 3 is 2.80 bits per heavy atom. The van der Waals surface area contributed by atoms with E-state index in [1.54, 1.807) is 0 Å². The van der Waals surface area contributed by atoms with Gasteiger partial charge in [-0.05, 0) is 42.9 Å². The summed E-state index contributed by atoms with van der Waals surface area (Å²) in [5, 5.41) is 3.24. The van der Waals surface area contributed by atoms with Crippen LogP contribution in [0.3, 0.4) is 0 Å². The zero-order valence-corrected chi connectivity index (χ0v) is 12.6. The van der Waals surface area contributed by atoms with Crippen LogP contribution in [0.5, 0.6) is 0 Å². The molecule has 3 N–H and O–H groups in total.